The number of aromatic nitrogens is 2. The number of ether oxygens (including phenoxy) is 3. The molecule has 40 heavy (non-hydrogen) atoms. The van der Waals surface area contributed by atoms with Crippen LogP contribution in [-0.2, 0) is 19.1 Å². The molecule has 4 aromatic rings. The predicted molar refractivity (Wildman–Crippen MR) is 139 cm³/mol. The Morgan fingerprint density at radius 1 is 1.02 bits per heavy atom. The minimum Gasteiger partial charge on any atom is -0.493 e. The number of nitrogens with zero attached hydrogens (tertiary/aromatic N) is 2. The van der Waals surface area contributed by atoms with E-state index in [-0.39, 0.29) is 36.8 Å². The molecule has 5 rings (SSSR count). The molecule has 1 N–H and O–H groups in total. The second kappa shape index (κ2) is 11.0. The summed E-state index contributed by atoms with van der Waals surface area (Å²) in [6.45, 7) is 2.53. The van der Waals surface area contributed by atoms with Crippen molar-refractivity contribution in [2.45, 2.75) is 51.7 Å². The van der Waals surface area contributed by atoms with Crippen LogP contribution in [0.5, 0.6) is 23.1 Å². The van der Waals surface area contributed by atoms with E-state index in [1.54, 1.807) is 18.2 Å². The Balaban J connectivity index is 1.21. The minimum absolute atomic E-state index is 0.110. The molecule has 1 aliphatic rings. The zero-order chi connectivity index (χ0) is 28.4. The summed E-state index contributed by atoms with van der Waals surface area (Å²) >= 11 is 0. The summed E-state index contributed by atoms with van der Waals surface area (Å²) < 4.78 is 64.8. The minimum atomic E-state index is -4.69. The molecule has 212 valence electrons. The first-order chi connectivity index (χ1) is 19.2. The number of aryl methyl sites for hydroxylation is 1. The topological polar surface area (TPSA) is 105 Å². The first-order valence-corrected chi connectivity index (χ1v) is 12.9. The molecule has 0 amide bonds. The number of hydrogen-bond donors (Lipinski definition) is 1. The van der Waals surface area contributed by atoms with Gasteiger partial charge in [-0.25, -0.2) is 9.59 Å². The van der Waals surface area contributed by atoms with Gasteiger partial charge in [0.05, 0.1) is 24.1 Å². The lowest BCUT2D eigenvalue weighted by Gasteiger charge is -2.15. The quantitative estimate of drug-likeness (QED) is 0.205. The second-order valence-corrected chi connectivity index (χ2v) is 9.38. The molecule has 1 aliphatic heterocycles. The Morgan fingerprint density at radius 2 is 1.82 bits per heavy atom. The van der Waals surface area contributed by atoms with E-state index < -0.39 is 23.1 Å². The van der Waals surface area contributed by atoms with Crippen molar-refractivity contribution < 1.29 is 36.9 Å². The lowest BCUT2D eigenvalue weighted by atomic mass is 10.0. The van der Waals surface area contributed by atoms with E-state index >= 15 is 0 Å². The third kappa shape index (κ3) is 5.38. The Kier molecular flexibility index (Phi) is 7.51. The van der Waals surface area contributed by atoms with Gasteiger partial charge in [0.15, 0.2) is 11.5 Å². The highest BCUT2D eigenvalue weighted by Crippen LogP contribution is 2.38. The predicted octanol–water partition coefficient (Wildman–Crippen LogP) is 5.40. The van der Waals surface area contributed by atoms with Crippen molar-refractivity contribution >= 4 is 11.0 Å². The second-order valence-electron chi connectivity index (χ2n) is 9.38. The molecule has 0 spiro atoms. The number of fused-ring (bicyclic) bond motifs is 2. The van der Waals surface area contributed by atoms with Crippen molar-refractivity contribution in [3.05, 3.63) is 74.6 Å². The zero-order valence-corrected chi connectivity index (χ0v) is 21.6. The summed E-state index contributed by atoms with van der Waals surface area (Å²) in [5.41, 5.74) is -1.65. The van der Waals surface area contributed by atoms with E-state index in [1.165, 1.54) is 27.5 Å². The molecule has 0 saturated heterocycles. The number of alkyl halides is 3. The van der Waals surface area contributed by atoms with Crippen molar-refractivity contribution in [1.29, 1.82) is 0 Å². The van der Waals surface area contributed by atoms with Crippen LogP contribution in [0.4, 0.5) is 13.2 Å². The van der Waals surface area contributed by atoms with E-state index in [9.17, 15) is 27.9 Å². The molecule has 0 bridgehead atoms. The van der Waals surface area contributed by atoms with Crippen LogP contribution < -0.4 is 25.5 Å². The van der Waals surface area contributed by atoms with Crippen LogP contribution in [0, 0.1) is 0 Å². The van der Waals surface area contributed by atoms with Gasteiger partial charge in [-0.3, -0.25) is 9.13 Å². The van der Waals surface area contributed by atoms with Gasteiger partial charge in [0.25, 0.3) is 0 Å². The van der Waals surface area contributed by atoms with Crippen LogP contribution >= 0.6 is 0 Å². The summed E-state index contributed by atoms with van der Waals surface area (Å²) in [6, 6.07) is 8.26. The molecule has 12 heteroatoms. The van der Waals surface area contributed by atoms with Gasteiger partial charge in [-0.1, -0.05) is 13.3 Å². The molecule has 2 aromatic heterocycles. The maximum absolute atomic E-state index is 13.5. The Hall–Kier alpha value is -4.35. The Morgan fingerprint density at radius 3 is 2.60 bits per heavy atom. The van der Waals surface area contributed by atoms with Crippen molar-refractivity contribution in [3.8, 4) is 28.8 Å². The maximum Gasteiger partial charge on any atom is 0.417 e. The van der Waals surface area contributed by atoms with Gasteiger partial charge < -0.3 is 23.7 Å². The van der Waals surface area contributed by atoms with E-state index in [2.05, 4.69) is 0 Å². The highest BCUT2D eigenvalue weighted by molar-refractivity contribution is 5.85. The summed E-state index contributed by atoms with van der Waals surface area (Å²) in [5, 5.41) is 10.2. The number of hydrogen-bond acceptors (Lipinski definition) is 7. The van der Waals surface area contributed by atoms with Gasteiger partial charge in [0.1, 0.15) is 11.3 Å². The van der Waals surface area contributed by atoms with Crippen molar-refractivity contribution in [3.63, 3.8) is 0 Å². The van der Waals surface area contributed by atoms with Crippen LogP contribution in [0.25, 0.3) is 16.7 Å². The fourth-order valence-corrected chi connectivity index (χ4v) is 4.75. The fourth-order valence-electron chi connectivity index (χ4n) is 4.75. The Bertz CT molecular complexity index is 1650. The van der Waals surface area contributed by atoms with E-state index in [4.69, 9.17) is 18.6 Å². The molecule has 0 radical (unpaired) electrons. The molecule has 0 atom stereocenters. The van der Waals surface area contributed by atoms with Gasteiger partial charge in [0.2, 0.25) is 12.7 Å². The van der Waals surface area contributed by atoms with Gasteiger partial charge in [-0.2, -0.15) is 13.2 Å². The highest BCUT2D eigenvalue weighted by atomic mass is 19.4. The highest BCUT2D eigenvalue weighted by Gasteiger charge is 2.34. The van der Waals surface area contributed by atoms with Crippen molar-refractivity contribution in [2.75, 3.05) is 13.4 Å². The first kappa shape index (κ1) is 27.2. The molecule has 0 saturated carbocycles. The zero-order valence-electron chi connectivity index (χ0n) is 21.6. The van der Waals surface area contributed by atoms with Crippen LogP contribution in [0.1, 0.15) is 43.7 Å². The number of imidazole rings is 1. The molecule has 0 unspecified atom stereocenters. The smallest absolute Gasteiger partial charge is 0.417 e. The molecule has 9 nitrogen and oxygen atoms in total. The first-order valence-electron chi connectivity index (χ1n) is 12.9. The van der Waals surface area contributed by atoms with Gasteiger partial charge >= 0.3 is 17.5 Å². The van der Waals surface area contributed by atoms with E-state index in [0.29, 0.717) is 66.7 Å². The summed E-state index contributed by atoms with van der Waals surface area (Å²) in [4.78, 5) is 24.8. The van der Waals surface area contributed by atoms with E-state index in [0.717, 1.165) is 0 Å². The summed E-state index contributed by atoms with van der Waals surface area (Å²) in [7, 11) is 0. The normalized spacial score (nSPS) is 12.8. The van der Waals surface area contributed by atoms with Crippen molar-refractivity contribution in [1.82, 2.24) is 9.13 Å². The van der Waals surface area contributed by atoms with Crippen LogP contribution in [0.15, 0.2) is 56.6 Å². The van der Waals surface area contributed by atoms with Crippen LogP contribution in [-0.4, -0.2) is 27.6 Å². The standard InChI is InChI=1S/C28H27F3N2O7/c1-2-6-19-21(10-8-18-20(28(29,30)31)14-25(35)40-26(18)19)37-12-5-3-4-11-32-24(34)15-33(27(32)36)17-7-9-22-23(13-17)39-16-38-22/h7-10,13-15,34H,2-6,11-12,16H2,1H3. The number of unbranched alkanes of at least 4 members (excludes halogenated alkanes) is 2. The molecule has 0 aliphatic carbocycles. The van der Waals surface area contributed by atoms with Gasteiger partial charge in [-0.05, 0) is 49.9 Å². The molecular weight excluding hydrogens is 533 g/mol. The number of halogens is 3. The number of aromatic hydroxyl groups is 1. The van der Waals surface area contributed by atoms with Gasteiger partial charge in [-0.15, -0.1) is 0 Å². The number of benzene rings is 2. The third-order valence-corrected chi connectivity index (χ3v) is 6.65. The number of rotatable bonds is 10. The Labute approximate surface area is 225 Å². The molecular formula is C28H27F3N2O7. The average molecular weight is 561 g/mol. The van der Waals surface area contributed by atoms with Crippen LogP contribution in [0.3, 0.4) is 0 Å². The lowest BCUT2D eigenvalue weighted by molar-refractivity contribution is -0.136. The maximum atomic E-state index is 13.5. The summed E-state index contributed by atoms with van der Waals surface area (Å²) in [6.07, 6.45) is -0.535. The fraction of sp³-hybridized carbons (Fsp3) is 0.357. The van der Waals surface area contributed by atoms with Crippen LogP contribution in [0.2, 0.25) is 0 Å². The molecule has 3 heterocycles. The van der Waals surface area contributed by atoms with E-state index in [1.807, 2.05) is 6.92 Å². The van der Waals surface area contributed by atoms with Gasteiger partial charge in [0, 0.05) is 29.6 Å². The average Bonchev–Trinajstić information content (AvgIpc) is 3.49. The van der Waals surface area contributed by atoms with Crippen molar-refractivity contribution in [2.24, 2.45) is 0 Å². The largest absolute Gasteiger partial charge is 0.493 e. The molecule has 0 fully saturated rings. The molecule has 2 aromatic carbocycles. The summed E-state index contributed by atoms with van der Waals surface area (Å²) in [5.74, 6) is 1.31. The SMILES string of the molecule is CCCc1c(OCCCCCn2c(O)cn(-c3ccc4c(c3)OCO4)c2=O)ccc2c(C(F)(F)F)cc(=O)oc12. The monoisotopic (exact) mass is 560 g/mol. The lowest BCUT2D eigenvalue weighted by Crippen LogP contribution is -2.23. The third-order valence-electron chi connectivity index (χ3n) is 6.65.